The number of hydrogen-bond donors (Lipinski definition) is 1. The number of β-amino-alcohol motifs (C(OH)–C–C–N with tert-alkyl or cyclic N) is 1. The fourth-order valence-electron chi connectivity index (χ4n) is 4.36. The fourth-order valence-corrected chi connectivity index (χ4v) is 4.36. The second-order valence-electron chi connectivity index (χ2n) is 8.29. The van der Waals surface area contributed by atoms with Crippen LogP contribution in [0.15, 0.2) is 60.9 Å². The minimum absolute atomic E-state index is 0.0622. The average Bonchev–Trinajstić information content (AvgIpc) is 2.85. The first-order valence-electron chi connectivity index (χ1n) is 11.1. The lowest BCUT2D eigenvalue weighted by molar-refractivity contribution is -0.0198. The number of hydrogen-bond acceptors (Lipinski definition) is 6. The molecule has 1 N–H and O–H groups in total. The van der Waals surface area contributed by atoms with Gasteiger partial charge in [0.25, 0.3) is 5.91 Å². The summed E-state index contributed by atoms with van der Waals surface area (Å²) in [5.74, 6) is 0.640. The van der Waals surface area contributed by atoms with Crippen molar-refractivity contribution in [3.63, 3.8) is 0 Å². The number of pyridine rings is 1. The molecule has 0 radical (unpaired) electrons. The second-order valence-corrected chi connectivity index (χ2v) is 8.29. The zero-order valence-electron chi connectivity index (χ0n) is 17.9. The van der Waals surface area contributed by atoms with Gasteiger partial charge < -0.3 is 24.4 Å². The van der Waals surface area contributed by atoms with Crippen molar-refractivity contribution in [2.75, 3.05) is 44.3 Å². The maximum atomic E-state index is 13.0. The standard InChI is InChI=1S/C25H27N3O4/c29-23-17-28(25(30)19-1-4-21(5-2-19)27-11-13-31-14-12-27)10-8-24(23)32-22-6-3-18-7-9-26-16-20(18)15-22/h1-7,9,15-16,23-24,29H,8,10-14,17H2/t23-,24-/m1/s1. The van der Waals surface area contributed by atoms with Gasteiger partial charge in [0.2, 0.25) is 0 Å². The number of anilines is 1. The van der Waals surface area contributed by atoms with Crippen LogP contribution in [0.25, 0.3) is 10.8 Å². The maximum Gasteiger partial charge on any atom is 0.253 e. The predicted octanol–water partition coefficient (Wildman–Crippen LogP) is 2.73. The lowest BCUT2D eigenvalue weighted by Gasteiger charge is -2.36. The predicted molar refractivity (Wildman–Crippen MR) is 122 cm³/mol. The molecule has 2 fully saturated rings. The van der Waals surface area contributed by atoms with E-state index in [4.69, 9.17) is 9.47 Å². The summed E-state index contributed by atoms with van der Waals surface area (Å²) in [5.41, 5.74) is 1.73. The Bertz CT molecular complexity index is 1080. The van der Waals surface area contributed by atoms with Gasteiger partial charge in [-0.15, -0.1) is 0 Å². The Hall–Kier alpha value is -3.16. The molecule has 7 nitrogen and oxygen atoms in total. The van der Waals surface area contributed by atoms with Crippen LogP contribution in [0, 0.1) is 0 Å². The summed E-state index contributed by atoms with van der Waals surface area (Å²) in [4.78, 5) is 21.1. The number of piperidine rings is 1. The zero-order valence-corrected chi connectivity index (χ0v) is 17.9. The van der Waals surface area contributed by atoms with E-state index in [1.807, 2.05) is 48.5 Å². The molecule has 1 aromatic heterocycles. The van der Waals surface area contributed by atoms with E-state index in [1.165, 1.54) is 0 Å². The van der Waals surface area contributed by atoms with Crippen LogP contribution in [0.5, 0.6) is 5.75 Å². The molecule has 2 saturated heterocycles. The lowest BCUT2D eigenvalue weighted by atomic mass is 10.0. The Kier molecular flexibility index (Phi) is 5.92. The second kappa shape index (κ2) is 9.14. The summed E-state index contributed by atoms with van der Waals surface area (Å²) in [6.45, 7) is 3.98. The molecule has 5 rings (SSSR count). The molecule has 0 unspecified atom stereocenters. The normalized spacial score (nSPS) is 21.5. The molecule has 2 aromatic carbocycles. The van der Waals surface area contributed by atoms with Crippen LogP contribution in [0.4, 0.5) is 5.69 Å². The maximum absolute atomic E-state index is 13.0. The molecule has 7 heteroatoms. The van der Waals surface area contributed by atoms with E-state index < -0.39 is 6.10 Å². The number of aliphatic hydroxyl groups excluding tert-OH is 1. The molecule has 3 aromatic rings. The van der Waals surface area contributed by atoms with E-state index in [0.717, 1.165) is 42.8 Å². The van der Waals surface area contributed by atoms with E-state index >= 15 is 0 Å². The summed E-state index contributed by atoms with van der Waals surface area (Å²) < 4.78 is 11.5. The number of likely N-dealkylation sites (tertiary alicyclic amines) is 1. The van der Waals surface area contributed by atoms with E-state index in [9.17, 15) is 9.90 Å². The van der Waals surface area contributed by atoms with Gasteiger partial charge in [-0.25, -0.2) is 0 Å². The quantitative estimate of drug-likeness (QED) is 0.682. The smallest absolute Gasteiger partial charge is 0.253 e. The molecule has 2 atom stereocenters. The first kappa shape index (κ1) is 20.7. The first-order valence-corrected chi connectivity index (χ1v) is 11.1. The Morgan fingerprint density at radius 1 is 1.03 bits per heavy atom. The number of rotatable bonds is 4. The molecule has 3 heterocycles. The van der Waals surface area contributed by atoms with Crippen molar-refractivity contribution in [1.29, 1.82) is 0 Å². The topological polar surface area (TPSA) is 75.1 Å². The molecule has 0 saturated carbocycles. The van der Waals surface area contributed by atoms with Gasteiger partial charge in [-0.1, -0.05) is 6.07 Å². The van der Waals surface area contributed by atoms with Crippen molar-refractivity contribution in [2.24, 2.45) is 0 Å². The van der Waals surface area contributed by atoms with Crippen LogP contribution in [0.1, 0.15) is 16.8 Å². The number of morpholine rings is 1. The van der Waals surface area contributed by atoms with E-state index in [2.05, 4.69) is 9.88 Å². The number of carbonyl (C=O) groups excluding carboxylic acids is 1. The van der Waals surface area contributed by atoms with Gasteiger partial charge in [0.1, 0.15) is 18.0 Å². The molecule has 0 bridgehead atoms. The van der Waals surface area contributed by atoms with Gasteiger partial charge >= 0.3 is 0 Å². The monoisotopic (exact) mass is 433 g/mol. The Morgan fingerprint density at radius 2 is 1.84 bits per heavy atom. The lowest BCUT2D eigenvalue weighted by Crippen LogP contribution is -2.51. The highest BCUT2D eigenvalue weighted by molar-refractivity contribution is 5.94. The van der Waals surface area contributed by atoms with Gasteiger partial charge in [-0.2, -0.15) is 0 Å². The van der Waals surface area contributed by atoms with Crippen LogP contribution < -0.4 is 9.64 Å². The molecule has 1 amide bonds. The molecular formula is C25H27N3O4. The Balaban J connectivity index is 1.20. The number of ether oxygens (including phenoxy) is 2. The van der Waals surface area contributed by atoms with Gasteiger partial charge in [0, 0.05) is 55.1 Å². The van der Waals surface area contributed by atoms with Crippen LogP contribution in [-0.4, -0.2) is 72.5 Å². The van der Waals surface area contributed by atoms with Crippen LogP contribution in [-0.2, 0) is 4.74 Å². The third kappa shape index (κ3) is 4.40. The summed E-state index contributed by atoms with van der Waals surface area (Å²) in [6, 6.07) is 15.5. The van der Waals surface area contributed by atoms with Crippen molar-refractivity contribution in [3.8, 4) is 5.75 Å². The number of nitrogens with zero attached hydrogens (tertiary/aromatic N) is 3. The van der Waals surface area contributed by atoms with Crippen molar-refractivity contribution in [3.05, 3.63) is 66.5 Å². The minimum Gasteiger partial charge on any atom is -0.488 e. The Morgan fingerprint density at radius 3 is 2.62 bits per heavy atom. The first-order chi connectivity index (χ1) is 15.7. The minimum atomic E-state index is -0.745. The number of amides is 1. The third-order valence-corrected chi connectivity index (χ3v) is 6.20. The highest BCUT2D eigenvalue weighted by Gasteiger charge is 2.32. The molecule has 2 aliphatic rings. The molecule has 0 aliphatic carbocycles. The van der Waals surface area contributed by atoms with Crippen LogP contribution in [0.3, 0.4) is 0 Å². The van der Waals surface area contributed by atoms with Crippen LogP contribution >= 0.6 is 0 Å². The van der Waals surface area contributed by atoms with Gasteiger partial charge in [-0.3, -0.25) is 9.78 Å². The Labute approximate surface area is 187 Å². The van der Waals surface area contributed by atoms with E-state index in [-0.39, 0.29) is 18.6 Å². The largest absolute Gasteiger partial charge is 0.488 e. The van der Waals surface area contributed by atoms with Gasteiger partial charge in [0.15, 0.2) is 0 Å². The summed E-state index contributed by atoms with van der Waals surface area (Å²) >= 11 is 0. The highest BCUT2D eigenvalue weighted by Crippen LogP contribution is 2.25. The fraction of sp³-hybridized carbons (Fsp3) is 0.360. The van der Waals surface area contributed by atoms with Gasteiger partial charge in [-0.05, 0) is 47.9 Å². The van der Waals surface area contributed by atoms with E-state index in [1.54, 1.807) is 17.3 Å². The molecule has 32 heavy (non-hydrogen) atoms. The number of aromatic nitrogens is 1. The number of aliphatic hydroxyl groups is 1. The molecule has 0 spiro atoms. The van der Waals surface area contributed by atoms with Crippen molar-refractivity contribution in [2.45, 2.75) is 18.6 Å². The van der Waals surface area contributed by atoms with Crippen molar-refractivity contribution < 1.29 is 19.4 Å². The highest BCUT2D eigenvalue weighted by atomic mass is 16.5. The molecule has 166 valence electrons. The molecular weight excluding hydrogens is 406 g/mol. The summed E-state index contributed by atoms with van der Waals surface area (Å²) in [6.07, 6.45) is 3.03. The van der Waals surface area contributed by atoms with Gasteiger partial charge in [0.05, 0.1) is 19.8 Å². The SMILES string of the molecule is O=C(c1ccc(N2CCOCC2)cc1)N1CC[C@@H](Oc2ccc3ccncc3c2)[C@H](O)C1. The van der Waals surface area contributed by atoms with Crippen molar-refractivity contribution in [1.82, 2.24) is 9.88 Å². The zero-order chi connectivity index (χ0) is 21.9. The summed E-state index contributed by atoms with van der Waals surface area (Å²) in [5, 5.41) is 12.8. The average molecular weight is 434 g/mol. The van der Waals surface area contributed by atoms with E-state index in [0.29, 0.717) is 24.3 Å². The number of carbonyl (C=O) groups is 1. The van der Waals surface area contributed by atoms with Crippen molar-refractivity contribution >= 4 is 22.4 Å². The molecule has 2 aliphatic heterocycles. The van der Waals surface area contributed by atoms with Crippen LogP contribution in [0.2, 0.25) is 0 Å². The summed E-state index contributed by atoms with van der Waals surface area (Å²) in [7, 11) is 0. The number of fused-ring (bicyclic) bond motifs is 1. The number of benzene rings is 2. The third-order valence-electron chi connectivity index (χ3n) is 6.20.